The molecule has 7 heteroatoms. The molecule has 0 aliphatic rings. The van der Waals surface area contributed by atoms with Gasteiger partial charge in [-0.2, -0.15) is 0 Å². The Morgan fingerprint density at radius 1 is 1.31 bits per heavy atom. The van der Waals surface area contributed by atoms with Gasteiger partial charge >= 0.3 is 7.32 Å². The van der Waals surface area contributed by atoms with Crippen LogP contribution in [0.5, 0.6) is 5.75 Å². The van der Waals surface area contributed by atoms with Gasteiger partial charge in [0.2, 0.25) is 11.8 Å². The number of hydrogen-bond donors (Lipinski definition) is 2. The third kappa shape index (κ3) is 2.39. The van der Waals surface area contributed by atoms with Crippen molar-refractivity contribution < 1.29 is 19.1 Å². The van der Waals surface area contributed by atoms with Gasteiger partial charge in [-0.25, -0.2) is 0 Å². The van der Waals surface area contributed by atoms with Crippen LogP contribution in [0.15, 0.2) is 28.7 Å². The van der Waals surface area contributed by atoms with Gasteiger partial charge in [0.1, 0.15) is 5.75 Å². The van der Waals surface area contributed by atoms with Crippen molar-refractivity contribution in [3.8, 4) is 17.2 Å². The zero-order chi connectivity index (χ0) is 11.5. The smallest absolute Gasteiger partial charge is 0.512 e. The van der Waals surface area contributed by atoms with Gasteiger partial charge in [-0.1, -0.05) is 6.07 Å². The van der Waals surface area contributed by atoms with E-state index in [1.54, 1.807) is 31.2 Å². The molecule has 0 saturated carbocycles. The van der Waals surface area contributed by atoms with Crippen LogP contribution in [0.1, 0.15) is 5.89 Å². The van der Waals surface area contributed by atoms with Crippen molar-refractivity contribution in [3.05, 3.63) is 30.2 Å². The van der Waals surface area contributed by atoms with E-state index in [4.69, 9.17) is 19.1 Å². The third-order valence-electron chi connectivity index (χ3n) is 1.85. The fraction of sp³-hybridized carbons (Fsp3) is 0.111. The van der Waals surface area contributed by atoms with Crippen molar-refractivity contribution in [1.82, 2.24) is 10.2 Å². The Morgan fingerprint density at radius 3 is 2.75 bits per heavy atom. The lowest BCUT2D eigenvalue weighted by Gasteiger charge is -2.04. The number of nitrogens with zero attached hydrogens (tertiary/aromatic N) is 2. The number of benzene rings is 1. The van der Waals surface area contributed by atoms with Crippen molar-refractivity contribution in [2.24, 2.45) is 0 Å². The lowest BCUT2D eigenvalue weighted by molar-refractivity contribution is 0.288. The number of rotatable bonds is 3. The molecule has 0 bridgehead atoms. The maximum Gasteiger partial charge on any atom is 0.707 e. The Labute approximate surface area is 91.7 Å². The third-order valence-corrected chi connectivity index (χ3v) is 1.85. The molecule has 1 aromatic heterocycles. The fourth-order valence-electron chi connectivity index (χ4n) is 1.24. The quantitative estimate of drug-likeness (QED) is 0.727. The highest BCUT2D eigenvalue weighted by molar-refractivity contribution is 6.33. The van der Waals surface area contributed by atoms with Crippen molar-refractivity contribution in [2.45, 2.75) is 6.92 Å². The average molecular weight is 220 g/mol. The second-order valence-electron chi connectivity index (χ2n) is 3.10. The van der Waals surface area contributed by atoms with Crippen LogP contribution in [0.3, 0.4) is 0 Å². The van der Waals surface area contributed by atoms with Gasteiger partial charge in [-0.05, 0) is 18.2 Å². The molecule has 2 rings (SSSR count). The van der Waals surface area contributed by atoms with Crippen LogP contribution >= 0.6 is 0 Å². The maximum absolute atomic E-state index is 8.65. The van der Waals surface area contributed by atoms with Crippen molar-refractivity contribution in [2.75, 3.05) is 0 Å². The number of hydrogen-bond acceptors (Lipinski definition) is 6. The summed E-state index contributed by atoms with van der Waals surface area (Å²) in [7, 11) is -1.85. The number of aryl methyl sites for hydroxylation is 1. The first kappa shape index (κ1) is 10.7. The van der Waals surface area contributed by atoms with Gasteiger partial charge in [0, 0.05) is 12.5 Å². The molecule has 0 radical (unpaired) electrons. The molecular formula is C9H9BN2O4. The van der Waals surface area contributed by atoms with Crippen LogP contribution in [0.25, 0.3) is 11.5 Å². The summed E-state index contributed by atoms with van der Waals surface area (Å²) in [5.41, 5.74) is 0.652. The lowest BCUT2D eigenvalue weighted by Crippen LogP contribution is -2.20. The first-order valence-electron chi connectivity index (χ1n) is 4.58. The summed E-state index contributed by atoms with van der Waals surface area (Å²) in [6, 6.07) is 6.61. The molecule has 0 saturated heterocycles. The van der Waals surface area contributed by atoms with Crippen LogP contribution in [-0.4, -0.2) is 27.6 Å². The van der Waals surface area contributed by atoms with Gasteiger partial charge in [0.25, 0.3) is 0 Å². The van der Waals surface area contributed by atoms with Crippen molar-refractivity contribution >= 4 is 7.32 Å². The molecule has 2 aromatic rings. The zero-order valence-electron chi connectivity index (χ0n) is 8.49. The highest BCUT2D eigenvalue weighted by Gasteiger charge is 2.12. The molecule has 0 atom stereocenters. The standard InChI is InChI=1S/C9H9BN2O4/c1-6-11-12-9(15-6)7-3-2-4-8(5-7)16-10(13)14/h2-5,13-14H,1H3. The Hall–Kier alpha value is -1.86. The molecule has 16 heavy (non-hydrogen) atoms. The Morgan fingerprint density at radius 2 is 2.12 bits per heavy atom. The summed E-state index contributed by atoms with van der Waals surface area (Å²) >= 11 is 0. The van der Waals surface area contributed by atoms with Gasteiger partial charge in [-0.15, -0.1) is 10.2 Å². The molecule has 0 aliphatic carbocycles. The van der Waals surface area contributed by atoms with E-state index >= 15 is 0 Å². The minimum absolute atomic E-state index is 0.309. The van der Waals surface area contributed by atoms with Crippen molar-refractivity contribution in [3.63, 3.8) is 0 Å². The van der Waals surface area contributed by atoms with E-state index in [-0.39, 0.29) is 0 Å². The predicted molar refractivity (Wildman–Crippen MR) is 55.3 cm³/mol. The van der Waals surface area contributed by atoms with Crippen LogP contribution in [-0.2, 0) is 0 Å². The highest BCUT2D eigenvalue weighted by atomic mass is 16.6. The molecular weight excluding hydrogens is 211 g/mol. The molecule has 6 nitrogen and oxygen atoms in total. The van der Waals surface area contributed by atoms with E-state index in [1.807, 2.05) is 0 Å². The molecule has 82 valence electrons. The first-order chi connectivity index (χ1) is 7.65. The van der Waals surface area contributed by atoms with E-state index in [1.165, 1.54) is 0 Å². The van der Waals surface area contributed by atoms with E-state index in [2.05, 4.69) is 10.2 Å². The van der Waals surface area contributed by atoms with E-state index in [9.17, 15) is 0 Å². The summed E-state index contributed by atoms with van der Waals surface area (Å²) < 4.78 is 9.93. The largest absolute Gasteiger partial charge is 0.707 e. The zero-order valence-corrected chi connectivity index (χ0v) is 8.49. The van der Waals surface area contributed by atoms with Crippen LogP contribution in [0.2, 0.25) is 0 Å². The van der Waals surface area contributed by atoms with Crippen LogP contribution in [0, 0.1) is 6.92 Å². The summed E-state index contributed by atoms with van der Waals surface area (Å²) in [5, 5.41) is 24.8. The van der Waals surface area contributed by atoms with Gasteiger partial charge in [0.05, 0.1) is 0 Å². The SMILES string of the molecule is Cc1nnc(-c2cccc(OB(O)O)c2)o1. The molecule has 0 aliphatic heterocycles. The molecule has 1 heterocycles. The molecule has 2 N–H and O–H groups in total. The Balaban J connectivity index is 2.28. The summed E-state index contributed by atoms with van der Waals surface area (Å²) in [6.07, 6.45) is 0. The average Bonchev–Trinajstić information content (AvgIpc) is 2.64. The van der Waals surface area contributed by atoms with Gasteiger partial charge < -0.3 is 19.1 Å². The minimum Gasteiger partial charge on any atom is -0.512 e. The van der Waals surface area contributed by atoms with Crippen LogP contribution < -0.4 is 4.65 Å². The minimum atomic E-state index is -1.85. The fourth-order valence-corrected chi connectivity index (χ4v) is 1.24. The molecule has 0 unspecified atom stereocenters. The maximum atomic E-state index is 8.65. The van der Waals surface area contributed by atoms with Crippen molar-refractivity contribution in [1.29, 1.82) is 0 Å². The second kappa shape index (κ2) is 4.34. The normalized spacial score (nSPS) is 10.2. The van der Waals surface area contributed by atoms with Crippen LogP contribution in [0.4, 0.5) is 0 Å². The summed E-state index contributed by atoms with van der Waals surface area (Å²) in [4.78, 5) is 0. The summed E-state index contributed by atoms with van der Waals surface area (Å²) in [6.45, 7) is 1.69. The van der Waals surface area contributed by atoms with Gasteiger partial charge in [-0.3, -0.25) is 0 Å². The summed E-state index contributed by atoms with van der Waals surface area (Å²) in [5.74, 6) is 1.13. The molecule has 0 amide bonds. The van der Waals surface area contributed by atoms with E-state index in [0.717, 1.165) is 0 Å². The Bertz CT molecular complexity index is 486. The first-order valence-corrected chi connectivity index (χ1v) is 4.58. The van der Waals surface area contributed by atoms with E-state index in [0.29, 0.717) is 23.1 Å². The van der Waals surface area contributed by atoms with Gasteiger partial charge in [0.15, 0.2) is 0 Å². The molecule has 1 aromatic carbocycles. The van der Waals surface area contributed by atoms with E-state index < -0.39 is 7.32 Å². The number of aromatic nitrogens is 2. The molecule has 0 spiro atoms. The molecule has 0 fully saturated rings. The highest BCUT2D eigenvalue weighted by Crippen LogP contribution is 2.22. The monoisotopic (exact) mass is 220 g/mol. The Kier molecular flexibility index (Phi) is 2.89. The predicted octanol–water partition coefficient (Wildman–Crippen LogP) is 0.393. The lowest BCUT2D eigenvalue weighted by atomic mass is 10.2. The topological polar surface area (TPSA) is 88.6 Å². The second-order valence-corrected chi connectivity index (χ2v) is 3.10.